The maximum absolute atomic E-state index is 10.7. The van der Waals surface area contributed by atoms with Crippen LogP contribution in [0, 0.1) is 0 Å². The smallest absolute Gasteiger partial charge is 0.335 e. The highest BCUT2D eigenvalue weighted by molar-refractivity contribution is 5.87. The first-order valence-electron chi connectivity index (χ1n) is 5.96. The molecule has 0 aromatic heterocycles. The summed E-state index contributed by atoms with van der Waals surface area (Å²) in [6.07, 6.45) is 0. The predicted octanol–water partition coefficient (Wildman–Crippen LogP) is 2.38. The van der Waals surface area contributed by atoms with E-state index in [4.69, 9.17) is 10.2 Å². The van der Waals surface area contributed by atoms with Crippen molar-refractivity contribution in [2.75, 3.05) is 0 Å². The molecular formula is C15H15NO3. The Balaban J connectivity index is 1.85. The number of aromatic hydroxyl groups is 1. The van der Waals surface area contributed by atoms with Crippen molar-refractivity contribution in [3.63, 3.8) is 0 Å². The predicted molar refractivity (Wildman–Crippen MR) is 72.1 cm³/mol. The van der Waals surface area contributed by atoms with Crippen LogP contribution in [0.4, 0.5) is 0 Å². The number of hydrogen-bond donors (Lipinski definition) is 3. The van der Waals surface area contributed by atoms with E-state index in [0.717, 1.165) is 11.1 Å². The molecule has 98 valence electrons. The molecule has 0 heterocycles. The quantitative estimate of drug-likeness (QED) is 0.769. The molecule has 2 rings (SSSR count). The number of rotatable bonds is 5. The van der Waals surface area contributed by atoms with Gasteiger partial charge in [0, 0.05) is 13.1 Å². The highest BCUT2D eigenvalue weighted by atomic mass is 16.4. The largest absolute Gasteiger partial charge is 0.508 e. The molecule has 4 heteroatoms. The van der Waals surface area contributed by atoms with Gasteiger partial charge in [-0.1, -0.05) is 24.3 Å². The number of phenolic OH excluding ortho intramolecular Hbond substituents is 1. The monoisotopic (exact) mass is 257 g/mol. The first-order valence-corrected chi connectivity index (χ1v) is 5.96. The average Bonchev–Trinajstić information content (AvgIpc) is 2.41. The van der Waals surface area contributed by atoms with Crippen molar-refractivity contribution in [3.8, 4) is 5.75 Å². The van der Waals surface area contributed by atoms with Crippen molar-refractivity contribution in [3.05, 3.63) is 65.2 Å². The van der Waals surface area contributed by atoms with E-state index < -0.39 is 5.97 Å². The van der Waals surface area contributed by atoms with E-state index in [1.165, 1.54) is 0 Å². The summed E-state index contributed by atoms with van der Waals surface area (Å²) in [5, 5.41) is 21.2. The molecule has 0 aliphatic rings. The number of carboxylic acids is 1. The zero-order valence-electron chi connectivity index (χ0n) is 10.3. The third-order valence-electron chi connectivity index (χ3n) is 2.80. The number of nitrogens with one attached hydrogen (secondary N) is 1. The molecule has 0 aliphatic carbocycles. The van der Waals surface area contributed by atoms with Crippen LogP contribution in [0.1, 0.15) is 21.5 Å². The van der Waals surface area contributed by atoms with E-state index in [0.29, 0.717) is 18.7 Å². The molecule has 0 atom stereocenters. The fraction of sp³-hybridized carbons (Fsp3) is 0.133. The second kappa shape index (κ2) is 6.02. The number of benzene rings is 2. The Morgan fingerprint density at radius 3 is 1.84 bits per heavy atom. The third kappa shape index (κ3) is 3.82. The second-order valence-corrected chi connectivity index (χ2v) is 4.27. The average molecular weight is 257 g/mol. The molecule has 0 saturated carbocycles. The van der Waals surface area contributed by atoms with Gasteiger partial charge in [-0.15, -0.1) is 0 Å². The van der Waals surface area contributed by atoms with E-state index in [1.54, 1.807) is 36.4 Å². The van der Waals surface area contributed by atoms with E-state index in [1.807, 2.05) is 12.1 Å². The SMILES string of the molecule is O=C(O)c1ccc(CNCc2ccc(O)cc2)cc1. The van der Waals surface area contributed by atoms with Gasteiger partial charge in [-0.3, -0.25) is 0 Å². The summed E-state index contributed by atoms with van der Waals surface area (Å²) in [6.45, 7) is 1.36. The minimum Gasteiger partial charge on any atom is -0.508 e. The summed E-state index contributed by atoms with van der Waals surface area (Å²) >= 11 is 0. The Labute approximate surface area is 111 Å². The van der Waals surface area contributed by atoms with Gasteiger partial charge < -0.3 is 15.5 Å². The lowest BCUT2D eigenvalue weighted by Crippen LogP contribution is -2.12. The third-order valence-corrected chi connectivity index (χ3v) is 2.80. The lowest BCUT2D eigenvalue weighted by atomic mass is 10.1. The minimum atomic E-state index is -0.913. The molecule has 3 N–H and O–H groups in total. The summed E-state index contributed by atoms with van der Waals surface area (Å²) in [5.41, 5.74) is 2.41. The Kier molecular flexibility index (Phi) is 4.15. The first kappa shape index (κ1) is 13.1. The van der Waals surface area contributed by atoms with Gasteiger partial charge in [-0.05, 0) is 35.4 Å². The zero-order valence-corrected chi connectivity index (χ0v) is 10.3. The maximum Gasteiger partial charge on any atom is 0.335 e. The number of phenols is 1. The Morgan fingerprint density at radius 1 is 0.895 bits per heavy atom. The molecule has 0 amide bonds. The Bertz CT molecular complexity index is 547. The molecule has 0 saturated heterocycles. The van der Waals surface area contributed by atoms with Gasteiger partial charge in [0.2, 0.25) is 0 Å². The molecule has 4 nitrogen and oxygen atoms in total. The van der Waals surface area contributed by atoms with Crippen molar-refractivity contribution in [2.45, 2.75) is 13.1 Å². The van der Waals surface area contributed by atoms with Crippen LogP contribution in [0.15, 0.2) is 48.5 Å². The van der Waals surface area contributed by atoms with E-state index in [2.05, 4.69) is 5.32 Å². The van der Waals surface area contributed by atoms with E-state index in [9.17, 15) is 4.79 Å². The molecule has 0 spiro atoms. The summed E-state index contributed by atoms with van der Waals surface area (Å²) < 4.78 is 0. The minimum absolute atomic E-state index is 0.257. The first-order chi connectivity index (χ1) is 9.15. The Morgan fingerprint density at radius 2 is 1.37 bits per heavy atom. The lowest BCUT2D eigenvalue weighted by Gasteiger charge is -2.05. The van der Waals surface area contributed by atoms with Crippen molar-refractivity contribution >= 4 is 5.97 Å². The van der Waals surface area contributed by atoms with Crippen LogP contribution in [-0.4, -0.2) is 16.2 Å². The van der Waals surface area contributed by atoms with Gasteiger partial charge in [0.15, 0.2) is 0 Å². The summed E-state index contributed by atoms with van der Waals surface area (Å²) in [5.74, 6) is -0.656. The molecule has 0 bridgehead atoms. The molecule has 19 heavy (non-hydrogen) atoms. The van der Waals surface area contributed by atoms with Crippen LogP contribution in [0.2, 0.25) is 0 Å². The van der Waals surface area contributed by atoms with Crippen molar-refractivity contribution in [1.82, 2.24) is 5.32 Å². The van der Waals surface area contributed by atoms with Crippen LogP contribution < -0.4 is 5.32 Å². The summed E-state index contributed by atoms with van der Waals surface area (Å²) in [4.78, 5) is 10.7. The number of carboxylic acid groups (broad SMARTS) is 1. The molecule has 0 aliphatic heterocycles. The molecule has 2 aromatic carbocycles. The highest BCUT2D eigenvalue weighted by Gasteiger charge is 2.01. The second-order valence-electron chi connectivity index (χ2n) is 4.27. The molecule has 2 aromatic rings. The van der Waals surface area contributed by atoms with Gasteiger partial charge >= 0.3 is 5.97 Å². The fourth-order valence-electron chi connectivity index (χ4n) is 1.73. The normalized spacial score (nSPS) is 10.3. The Hall–Kier alpha value is -2.33. The van der Waals surface area contributed by atoms with Crippen LogP contribution in [0.25, 0.3) is 0 Å². The van der Waals surface area contributed by atoms with Crippen molar-refractivity contribution in [1.29, 1.82) is 0 Å². The number of carbonyl (C=O) groups is 1. The summed E-state index contributed by atoms with van der Waals surface area (Å²) in [6, 6.07) is 13.8. The standard InChI is InChI=1S/C15H15NO3/c17-14-7-3-12(4-8-14)10-16-9-11-1-5-13(6-2-11)15(18)19/h1-8,16-17H,9-10H2,(H,18,19). The van der Waals surface area contributed by atoms with Gasteiger partial charge in [0.25, 0.3) is 0 Å². The molecule has 0 fully saturated rings. The van der Waals surface area contributed by atoms with Gasteiger partial charge in [-0.2, -0.15) is 0 Å². The molecule has 0 unspecified atom stereocenters. The van der Waals surface area contributed by atoms with Crippen molar-refractivity contribution in [2.24, 2.45) is 0 Å². The van der Waals surface area contributed by atoms with Crippen molar-refractivity contribution < 1.29 is 15.0 Å². The van der Waals surface area contributed by atoms with Crippen LogP contribution >= 0.6 is 0 Å². The fourth-order valence-corrected chi connectivity index (χ4v) is 1.73. The maximum atomic E-state index is 10.7. The van der Waals surface area contributed by atoms with Crippen LogP contribution in [-0.2, 0) is 13.1 Å². The topological polar surface area (TPSA) is 69.6 Å². The van der Waals surface area contributed by atoms with Crippen LogP contribution in [0.3, 0.4) is 0 Å². The van der Waals surface area contributed by atoms with E-state index in [-0.39, 0.29) is 5.75 Å². The highest BCUT2D eigenvalue weighted by Crippen LogP contribution is 2.09. The van der Waals surface area contributed by atoms with Crippen LogP contribution in [0.5, 0.6) is 5.75 Å². The van der Waals surface area contributed by atoms with E-state index >= 15 is 0 Å². The van der Waals surface area contributed by atoms with Gasteiger partial charge in [0.05, 0.1) is 5.56 Å². The summed E-state index contributed by atoms with van der Waals surface area (Å²) in [7, 11) is 0. The lowest BCUT2D eigenvalue weighted by molar-refractivity contribution is 0.0697. The van der Waals surface area contributed by atoms with Gasteiger partial charge in [-0.25, -0.2) is 4.79 Å². The molecule has 0 radical (unpaired) electrons. The number of hydrogen-bond acceptors (Lipinski definition) is 3. The van der Waals surface area contributed by atoms with Gasteiger partial charge in [0.1, 0.15) is 5.75 Å². The molecular weight excluding hydrogens is 242 g/mol. The number of aromatic carboxylic acids is 1. The zero-order chi connectivity index (χ0) is 13.7.